The van der Waals surface area contributed by atoms with E-state index in [1.54, 1.807) is 6.08 Å². The van der Waals surface area contributed by atoms with Crippen LogP contribution >= 0.6 is 0 Å². The molecule has 132 valence electrons. The molecule has 1 aromatic carbocycles. The third-order valence-corrected chi connectivity index (χ3v) is 4.60. The fraction of sp³-hybridized carbons (Fsp3) is 0.238. The van der Waals surface area contributed by atoms with Crippen molar-refractivity contribution in [3.63, 3.8) is 0 Å². The normalized spacial score (nSPS) is 13.3. The summed E-state index contributed by atoms with van der Waals surface area (Å²) in [5, 5.41) is 7.68. The first-order valence-corrected chi connectivity index (χ1v) is 8.88. The molecule has 0 spiro atoms. The van der Waals surface area contributed by atoms with Crippen LogP contribution in [0.2, 0.25) is 0 Å². The lowest BCUT2D eigenvalue weighted by atomic mass is 10.2. The SMILES string of the molecule is Cc1ccc(/C=C/C(=O)NCc2nn(-c3ccccc3)c3c2CCC3)o1. The molecule has 4 rings (SSSR count). The van der Waals surface area contributed by atoms with E-state index in [9.17, 15) is 4.79 Å². The minimum Gasteiger partial charge on any atom is -0.462 e. The summed E-state index contributed by atoms with van der Waals surface area (Å²) >= 11 is 0. The molecule has 0 atom stereocenters. The average Bonchev–Trinajstić information content (AvgIpc) is 3.36. The number of fused-ring (bicyclic) bond motifs is 1. The third-order valence-electron chi connectivity index (χ3n) is 4.60. The number of hydrogen-bond donors (Lipinski definition) is 1. The number of nitrogens with one attached hydrogen (secondary N) is 1. The van der Waals surface area contributed by atoms with Gasteiger partial charge in [-0.3, -0.25) is 4.79 Å². The first kappa shape index (κ1) is 16.4. The van der Waals surface area contributed by atoms with Crippen LogP contribution < -0.4 is 5.32 Å². The number of furan rings is 1. The highest BCUT2D eigenvalue weighted by Crippen LogP contribution is 2.27. The van der Waals surface area contributed by atoms with Gasteiger partial charge in [-0.05, 0) is 62.1 Å². The van der Waals surface area contributed by atoms with E-state index in [4.69, 9.17) is 9.52 Å². The van der Waals surface area contributed by atoms with Crippen molar-refractivity contribution in [3.8, 4) is 5.69 Å². The Balaban J connectivity index is 1.47. The Morgan fingerprint density at radius 2 is 2.08 bits per heavy atom. The third kappa shape index (κ3) is 3.33. The number of amides is 1. The minimum absolute atomic E-state index is 0.153. The van der Waals surface area contributed by atoms with Crippen LogP contribution in [-0.2, 0) is 24.2 Å². The van der Waals surface area contributed by atoms with Crippen LogP contribution in [0.25, 0.3) is 11.8 Å². The van der Waals surface area contributed by atoms with Crippen LogP contribution in [-0.4, -0.2) is 15.7 Å². The number of para-hydroxylation sites is 1. The minimum atomic E-state index is -0.153. The van der Waals surface area contributed by atoms with Crippen LogP contribution in [0.3, 0.4) is 0 Å². The predicted molar refractivity (Wildman–Crippen MR) is 99.9 cm³/mol. The van der Waals surface area contributed by atoms with Gasteiger partial charge in [-0.1, -0.05) is 18.2 Å². The first-order chi connectivity index (χ1) is 12.7. The van der Waals surface area contributed by atoms with Gasteiger partial charge in [-0.15, -0.1) is 0 Å². The van der Waals surface area contributed by atoms with E-state index in [1.807, 2.05) is 41.9 Å². The van der Waals surface area contributed by atoms with Gasteiger partial charge < -0.3 is 9.73 Å². The van der Waals surface area contributed by atoms with Gasteiger partial charge in [0.1, 0.15) is 11.5 Å². The first-order valence-electron chi connectivity index (χ1n) is 8.88. The zero-order valence-electron chi connectivity index (χ0n) is 14.7. The Bertz CT molecular complexity index is 951. The molecular weight excluding hydrogens is 326 g/mol. The molecule has 1 N–H and O–H groups in total. The van der Waals surface area contributed by atoms with Gasteiger partial charge >= 0.3 is 0 Å². The lowest BCUT2D eigenvalue weighted by molar-refractivity contribution is -0.116. The molecule has 1 aliphatic rings. The van der Waals surface area contributed by atoms with Crippen LogP contribution in [0, 0.1) is 6.92 Å². The van der Waals surface area contributed by atoms with E-state index in [-0.39, 0.29) is 5.91 Å². The van der Waals surface area contributed by atoms with E-state index in [0.717, 1.165) is 36.4 Å². The van der Waals surface area contributed by atoms with Gasteiger partial charge in [-0.2, -0.15) is 5.10 Å². The summed E-state index contributed by atoms with van der Waals surface area (Å²) in [4.78, 5) is 12.1. The number of benzene rings is 1. The van der Waals surface area contributed by atoms with Gasteiger partial charge in [-0.25, -0.2) is 4.68 Å². The Kier molecular flexibility index (Phi) is 4.44. The lowest BCUT2D eigenvalue weighted by Crippen LogP contribution is -2.21. The number of carbonyl (C=O) groups is 1. The second kappa shape index (κ2) is 7.04. The highest BCUT2D eigenvalue weighted by molar-refractivity contribution is 5.91. The van der Waals surface area contributed by atoms with Crippen molar-refractivity contribution >= 4 is 12.0 Å². The maximum Gasteiger partial charge on any atom is 0.244 e. The number of hydrogen-bond acceptors (Lipinski definition) is 3. The van der Waals surface area contributed by atoms with Crippen molar-refractivity contribution in [3.05, 3.63) is 77.0 Å². The molecule has 0 aliphatic heterocycles. The van der Waals surface area contributed by atoms with E-state index < -0.39 is 0 Å². The van der Waals surface area contributed by atoms with Crippen molar-refractivity contribution < 1.29 is 9.21 Å². The van der Waals surface area contributed by atoms with Gasteiger partial charge in [0.25, 0.3) is 0 Å². The number of carbonyl (C=O) groups excluding carboxylic acids is 1. The molecule has 0 saturated carbocycles. The molecule has 0 fully saturated rings. The van der Waals surface area contributed by atoms with Gasteiger partial charge in [0.2, 0.25) is 5.91 Å². The molecular formula is C21H21N3O2. The van der Waals surface area contributed by atoms with Crippen molar-refractivity contribution in [2.24, 2.45) is 0 Å². The standard InChI is InChI=1S/C21H21N3O2/c1-15-10-11-17(26-15)12-13-21(25)22-14-19-18-8-5-9-20(18)24(23-19)16-6-3-2-4-7-16/h2-4,6-7,10-13H,5,8-9,14H2,1H3,(H,22,25)/b13-12+. The second-order valence-corrected chi connectivity index (χ2v) is 6.47. The highest BCUT2D eigenvalue weighted by atomic mass is 16.3. The lowest BCUT2D eigenvalue weighted by Gasteiger charge is -2.04. The number of nitrogens with zero attached hydrogens (tertiary/aromatic N) is 2. The maximum atomic E-state index is 12.1. The summed E-state index contributed by atoms with van der Waals surface area (Å²) in [6.07, 6.45) is 6.36. The molecule has 1 aliphatic carbocycles. The summed E-state index contributed by atoms with van der Waals surface area (Å²) < 4.78 is 7.45. The number of rotatable bonds is 5. The average molecular weight is 347 g/mol. The van der Waals surface area contributed by atoms with Crippen molar-refractivity contribution in [1.82, 2.24) is 15.1 Å². The summed E-state index contributed by atoms with van der Waals surface area (Å²) in [6.45, 7) is 2.31. The predicted octanol–water partition coefficient (Wildman–Crippen LogP) is 3.59. The Morgan fingerprint density at radius 1 is 1.23 bits per heavy atom. The molecule has 3 aromatic rings. The summed E-state index contributed by atoms with van der Waals surface area (Å²) in [5.41, 5.74) is 4.56. The number of aryl methyl sites for hydroxylation is 1. The van der Waals surface area contributed by atoms with Crippen molar-refractivity contribution in [2.75, 3.05) is 0 Å². The van der Waals surface area contributed by atoms with Crippen LogP contribution in [0.15, 0.2) is 53.0 Å². The smallest absolute Gasteiger partial charge is 0.244 e. The summed E-state index contributed by atoms with van der Waals surface area (Å²) in [6, 6.07) is 13.9. The Labute approximate surface area is 152 Å². The zero-order valence-corrected chi connectivity index (χ0v) is 14.7. The molecule has 2 heterocycles. The second-order valence-electron chi connectivity index (χ2n) is 6.47. The molecule has 0 saturated heterocycles. The molecule has 26 heavy (non-hydrogen) atoms. The largest absolute Gasteiger partial charge is 0.462 e. The Hall–Kier alpha value is -3.08. The summed E-state index contributed by atoms with van der Waals surface area (Å²) in [5.74, 6) is 1.35. The monoisotopic (exact) mass is 347 g/mol. The Morgan fingerprint density at radius 3 is 2.85 bits per heavy atom. The maximum absolute atomic E-state index is 12.1. The quantitative estimate of drug-likeness (QED) is 0.718. The highest BCUT2D eigenvalue weighted by Gasteiger charge is 2.23. The van der Waals surface area contributed by atoms with Gasteiger partial charge in [0, 0.05) is 11.8 Å². The molecule has 5 heteroatoms. The van der Waals surface area contributed by atoms with E-state index in [0.29, 0.717) is 12.3 Å². The van der Waals surface area contributed by atoms with Crippen LogP contribution in [0.1, 0.15) is 34.9 Å². The van der Waals surface area contributed by atoms with Crippen molar-refractivity contribution in [2.45, 2.75) is 32.7 Å². The van der Waals surface area contributed by atoms with Gasteiger partial charge in [0.05, 0.1) is 17.9 Å². The number of aromatic nitrogens is 2. The van der Waals surface area contributed by atoms with Gasteiger partial charge in [0.15, 0.2) is 0 Å². The van der Waals surface area contributed by atoms with Crippen LogP contribution in [0.4, 0.5) is 0 Å². The van der Waals surface area contributed by atoms with Crippen LogP contribution in [0.5, 0.6) is 0 Å². The van der Waals surface area contributed by atoms with E-state index in [1.165, 1.54) is 17.3 Å². The molecule has 0 radical (unpaired) electrons. The topological polar surface area (TPSA) is 60.1 Å². The molecule has 5 nitrogen and oxygen atoms in total. The molecule has 2 aromatic heterocycles. The molecule has 0 unspecified atom stereocenters. The van der Waals surface area contributed by atoms with E-state index >= 15 is 0 Å². The fourth-order valence-corrected chi connectivity index (χ4v) is 3.37. The molecule has 0 bridgehead atoms. The fourth-order valence-electron chi connectivity index (χ4n) is 3.37. The summed E-state index contributed by atoms with van der Waals surface area (Å²) in [7, 11) is 0. The van der Waals surface area contributed by atoms with E-state index in [2.05, 4.69) is 17.4 Å². The molecule has 1 amide bonds. The van der Waals surface area contributed by atoms with Crippen molar-refractivity contribution in [1.29, 1.82) is 0 Å². The zero-order chi connectivity index (χ0) is 17.9.